The third-order valence-electron chi connectivity index (χ3n) is 2.87. The van der Waals surface area contributed by atoms with Gasteiger partial charge in [0.15, 0.2) is 0 Å². The lowest BCUT2D eigenvalue weighted by Crippen LogP contribution is -2.44. The Bertz CT molecular complexity index is 261. The second-order valence-corrected chi connectivity index (χ2v) is 4.19. The second-order valence-electron chi connectivity index (χ2n) is 4.19. The van der Waals surface area contributed by atoms with Crippen LogP contribution in [-0.2, 0) is 9.59 Å². The summed E-state index contributed by atoms with van der Waals surface area (Å²) in [4.78, 5) is 26.6. The lowest BCUT2D eigenvalue weighted by molar-refractivity contribution is -0.141. The van der Waals surface area contributed by atoms with E-state index in [0.717, 1.165) is 25.9 Å². The molecule has 6 heteroatoms. The number of piperidine rings is 1. The minimum Gasteiger partial charge on any atom is -0.343 e. The van der Waals surface area contributed by atoms with Crippen LogP contribution in [0.2, 0.25) is 0 Å². The molecule has 1 rings (SSSR count). The van der Waals surface area contributed by atoms with Crippen molar-refractivity contribution < 1.29 is 9.59 Å². The predicted molar refractivity (Wildman–Crippen MR) is 69.2 cm³/mol. The van der Waals surface area contributed by atoms with Gasteiger partial charge < -0.3 is 15.1 Å². The number of hydrogen-bond donors (Lipinski definition) is 1. The third-order valence-corrected chi connectivity index (χ3v) is 2.87. The summed E-state index contributed by atoms with van der Waals surface area (Å²) in [5.74, 6) is 0.132. The average molecular weight is 264 g/mol. The highest BCUT2D eigenvalue weighted by atomic mass is 35.5. The fraction of sp³-hybridized carbons (Fsp3) is 0.818. The maximum atomic E-state index is 11.8. The van der Waals surface area contributed by atoms with Gasteiger partial charge in [-0.25, -0.2) is 0 Å². The van der Waals surface area contributed by atoms with Gasteiger partial charge in [0.05, 0.1) is 6.54 Å². The van der Waals surface area contributed by atoms with Crippen LogP contribution in [0.3, 0.4) is 0 Å². The van der Waals surface area contributed by atoms with Crippen molar-refractivity contribution in [3.8, 4) is 0 Å². The maximum Gasteiger partial charge on any atom is 0.241 e. The number of rotatable bonds is 5. The molecule has 0 bridgehead atoms. The van der Waals surface area contributed by atoms with E-state index in [1.807, 2.05) is 7.05 Å². The van der Waals surface area contributed by atoms with E-state index >= 15 is 0 Å². The summed E-state index contributed by atoms with van der Waals surface area (Å²) in [5.41, 5.74) is 0. The smallest absolute Gasteiger partial charge is 0.241 e. The van der Waals surface area contributed by atoms with Gasteiger partial charge in [-0.15, -0.1) is 12.4 Å². The number of likely N-dealkylation sites (N-methyl/N-ethyl adjacent to an activating group) is 2. The van der Waals surface area contributed by atoms with Crippen LogP contribution in [0.5, 0.6) is 0 Å². The molecule has 1 saturated heterocycles. The molecule has 5 nitrogen and oxygen atoms in total. The largest absolute Gasteiger partial charge is 0.343 e. The molecule has 1 heterocycles. The molecule has 2 amide bonds. The van der Waals surface area contributed by atoms with Crippen molar-refractivity contribution in [2.24, 2.45) is 0 Å². The number of amides is 2. The fourth-order valence-electron chi connectivity index (χ4n) is 1.72. The average Bonchev–Trinajstić information content (AvgIpc) is 2.28. The number of likely N-dealkylation sites (tertiary alicyclic amines) is 1. The number of nitrogens with one attached hydrogen (secondary N) is 1. The van der Waals surface area contributed by atoms with Crippen molar-refractivity contribution in [2.45, 2.75) is 19.3 Å². The molecular weight excluding hydrogens is 242 g/mol. The van der Waals surface area contributed by atoms with Crippen molar-refractivity contribution in [2.75, 3.05) is 40.3 Å². The highest BCUT2D eigenvalue weighted by molar-refractivity contribution is 5.85. The lowest BCUT2D eigenvalue weighted by atomic mass is 10.1. The Morgan fingerprint density at radius 2 is 2.18 bits per heavy atom. The highest BCUT2D eigenvalue weighted by Crippen LogP contribution is 2.10. The molecule has 0 aliphatic carbocycles. The lowest BCUT2D eigenvalue weighted by Gasteiger charge is -2.28. The van der Waals surface area contributed by atoms with E-state index in [4.69, 9.17) is 0 Å². The Labute approximate surface area is 109 Å². The van der Waals surface area contributed by atoms with Crippen LogP contribution >= 0.6 is 12.4 Å². The first kappa shape index (κ1) is 16.2. The Morgan fingerprint density at radius 3 is 2.76 bits per heavy atom. The zero-order valence-corrected chi connectivity index (χ0v) is 11.4. The van der Waals surface area contributed by atoms with Crippen LogP contribution in [0.1, 0.15) is 19.3 Å². The number of hydrogen-bond acceptors (Lipinski definition) is 3. The van der Waals surface area contributed by atoms with Crippen LogP contribution in [0.4, 0.5) is 0 Å². The van der Waals surface area contributed by atoms with Crippen LogP contribution in [-0.4, -0.2) is 61.9 Å². The van der Waals surface area contributed by atoms with Crippen molar-refractivity contribution >= 4 is 24.2 Å². The van der Waals surface area contributed by atoms with E-state index in [2.05, 4.69) is 5.32 Å². The quantitative estimate of drug-likeness (QED) is 0.765. The normalized spacial score (nSPS) is 15.4. The molecule has 1 N–H and O–H groups in total. The molecule has 0 unspecified atom stereocenters. The van der Waals surface area contributed by atoms with Gasteiger partial charge in [-0.2, -0.15) is 0 Å². The van der Waals surface area contributed by atoms with Gasteiger partial charge in [-0.3, -0.25) is 9.59 Å². The van der Waals surface area contributed by atoms with E-state index in [-0.39, 0.29) is 30.8 Å². The zero-order chi connectivity index (χ0) is 12.0. The Kier molecular flexibility index (Phi) is 7.91. The molecule has 0 aromatic carbocycles. The topological polar surface area (TPSA) is 52.7 Å². The highest BCUT2D eigenvalue weighted by Gasteiger charge is 2.21. The van der Waals surface area contributed by atoms with Crippen molar-refractivity contribution in [3.05, 3.63) is 0 Å². The first-order valence-corrected chi connectivity index (χ1v) is 5.81. The molecule has 1 fully saturated rings. The van der Waals surface area contributed by atoms with Crippen LogP contribution < -0.4 is 5.32 Å². The van der Waals surface area contributed by atoms with E-state index in [0.29, 0.717) is 13.0 Å². The number of carbonyl (C=O) groups is 2. The summed E-state index contributed by atoms with van der Waals surface area (Å²) >= 11 is 0. The van der Waals surface area contributed by atoms with Gasteiger partial charge in [0.25, 0.3) is 0 Å². The molecule has 0 radical (unpaired) electrons. The molecule has 1 aliphatic rings. The minimum absolute atomic E-state index is 0. The summed E-state index contributed by atoms with van der Waals surface area (Å²) in [6, 6.07) is 0. The van der Waals surface area contributed by atoms with Crippen LogP contribution in [0, 0.1) is 0 Å². The van der Waals surface area contributed by atoms with Crippen molar-refractivity contribution in [3.63, 3.8) is 0 Å². The number of carbonyl (C=O) groups excluding carboxylic acids is 2. The zero-order valence-electron chi connectivity index (χ0n) is 10.6. The second kappa shape index (κ2) is 8.31. The number of nitrogens with zero attached hydrogens (tertiary/aromatic N) is 2. The Balaban J connectivity index is 0.00000256. The first-order chi connectivity index (χ1) is 7.65. The van der Waals surface area contributed by atoms with Gasteiger partial charge in [0.2, 0.25) is 11.8 Å². The molecule has 17 heavy (non-hydrogen) atoms. The van der Waals surface area contributed by atoms with Crippen LogP contribution in [0.25, 0.3) is 0 Å². The molecular formula is C11H22ClN3O2. The fourth-order valence-corrected chi connectivity index (χ4v) is 1.72. The van der Waals surface area contributed by atoms with Gasteiger partial charge in [0, 0.05) is 33.1 Å². The Hall–Kier alpha value is -0.810. The van der Waals surface area contributed by atoms with E-state index in [9.17, 15) is 9.59 Å². The third kappa shape index (κ3) is 5.37. The monoisotopic (exact) mass is 263 g/mol. The van der Waals surface area contributed by atoms with Gasteiger partial charge in [-0.1, -0.05) is 0 Å². The van der Waals surface area contributed by atoms with Crippen molar-refractivity contribution in [1.82, 2.24) is 15.1 Å². The molecule has 100 valence electrons. The SMILES string of the molecule is CNCCN(C)C(=O)CN1CCCCC1=O.Cl. The first-order valence-electron chi connectivity index (χ1n) is 5.81. The molecule has 0 saturated carbocycles. The van der Waals surface area contributed by atoms with E-state index in [1.54, 1.807) is 16.8 Å². The molecule has 0 spiro atoms. The predicted octanol–water partition coefficient (Wildman–Crippen LogP) is 0.0985. The maximum absolute atomic E-state index is 11.8. The summed E-state index contributed by atoms with van der Waals surface area (Å²) < 4.78 is 0. The van der Waals surface area contributed by atoms with Crippen LogP contribution in [0.15, 0.2) is 0 Å². The van der Waals surface area contributed by atoms with Gasteiger partial charge in [-0.05, 0) is 19.9 Å². The minimum atomic E-state index is 0. The number of halogens is 1. The van der Waals surface area contributed by atoms with E-state index < -0.39 is 0 Å². The molecule has 0 aromatic heterocycles. The molecule has 0 atom stereocenters. The molecule has 0 aromatic rings. The molecule has 1 aliphatic heterocycles. The standard InChI is InChI=1S/C11H21N3O2.ClH/c1-12-6-8-13(2)11(16)9-14-7-4-3-5-10(14)15;/h12H,3-9H2,1-2H3;1H. The van der Waals surface area contributed by atoms with Gasteiger partial charge in [0.1, 0.15) is 0 Å². The summed E-state index contributed by atoms with van der Waals surface area (Å²) in [6.07, 6.45) is 2.56. The Morgan fingerprint density at radius 1 is 1.47 bits per heavy atom. The summed E-state index contributed by atoms with van der Waals surface area (Å²) in [7, 11) is 3.63. The van der Waals surface area contributed by atoms with E-state index in [1.165, 1.54) is 0 Å². The van der Waals surface area contributed by atoms with Crippen molar-refractivity contribution in [1.29, 1.82) is 0 Å². The summed E-state index contributed by atoms with van der Waals surface area (Å²) in [5, 5.41) is 2.99. The summed E-state index contributed by atoms with van der Waals surface area (Å²) in [6.45, 7) is 2.41. The van der Waals surface area contributed by atoms with Gasteiger partial charge >= 0.3 is 0 Å².